The van der Waals surface area contributed by atoms with Gasteiger partial charge >= 0.3 is 5.69 Å². The number of imidazole rings is 1. The van der Waals surface area contributed by atoms with Crippen LogP contribution in [0.1, 0.15) is 11.9 Å². The summed E-state index contributed by atoms with van der Waals surface area (Å²) in [6.45, 7) is 0. The molecule has 2 aromatic heterocycles. The van der Waals surface area contributed by atoms with Gasteiger partial charge in [0.2, 0.25) is 0 Å². The zero-order chi connectivity index (χ0) is 13.4. The number of aromatic amines is 2. The molecule has 2 unspecified atom stereocenters. The summed E-state index contributed by atoms with van der Waals surface area (Å²) in [7, 11) is 1.44. The van der Waals surface area contributed by atoms with E-state index in [1.165, 1.54) is 7.05 Å². The molecule has 18 heavy (non-hydrogen) atoms. The SMILES string of the molecule is Cn1c(=O)[nH]c(=O)c2[nH]c(C(O)C(O)CS)nc21. The van der Waals surface area contributed by atoms with Gasteiger partial charge in [0.25, 0.3) is 5.56 Å². The van der Waals surface area contributed by atoms with Crippen LogP contribution in [0.5, 0.6) is 0 Å². The zero-order valence-electron chi connectivity index (χ0n) is 9.41. The number of hydrogen-bond donors (Lipinski definition) is 5. The molecule has 0 saturated heterocycles. The normalized spacial score (nSPS) is 14.9. The number of aliphatic hydroxyl groups excluding tert-OH is 2. The first-order valence-electron chi connectivity index (χ1n) is 5.11. The maximum Gasteiger partial charge on any atom is 0.329 e. The summed E-state index contributed by atoms with van der Waals surface area (Å²) in [4.78, 5) is 31.5. The standard InChI is InChI=1S/C9H12N4O4S/c1-13-7-4(8(16)12-9(13)17)10-6(11-7)5(15)3(14)2-18/h3,5,14-15,18H,2H2,1H3,(H,10,11)(H,12,16,17). The van der Waals surface area contributed by atoms with Gasteiger partial charge in [-0.25, -0.2) is 9.78 Å². The molecule has 0 aromatic carbocycles. The van der Waals surface area contributed by atoms with Crippen molar-refractivity contribution in [2.24, 2.45) is 7.05 Å². The second-order valence-corrected chi connectivity index (χ2v) is 4.20. The molecule has 4 N–H and O–H groups in total. The maximum absolute atomic E-state index is 11.5. The van der Waals surface area contributed by atoms with Crippen molar-refractivity contribution in [1.29, 1.82) is 0 Å². The third-order valence-electron chi connectivity index (χ3n) is 2.60. The van der Waals surface area contributed by atoms with E-state index in [1.807, 2.05) is 0 Å². The van der Waals surface area contributed by atoms with Gasteiger partial charge in [-0.15, -0.1) is 0 Å². The van der Waals surface area contributed by atoms with E-state index in [-0.39, 0.29) is 22.7 Å². The smallest absolute Gasteiger partial charge is 0.329 e. The fourth-order valence-electron chi connectivity index (χ4n) is 1.54. The highest BCUT2D eigenvalue weighted by molar-refractivity contribution is 7.80. The Bertz CT molecular complexity index is 688. The summed E-state index contributed by atoms with van der Waals surface area (Å²) in [5.41, 5.74) is -1.05. The van der Waals surface area contributed by atoms with E-state index < -0.39 is 23.5 Å². The fraction of sp³-hybridized carbons (Fsp3) is 0.444. The quantitative estimate of drug-likeness (QED) is 0.425. The summed E-state index contributed by atoms with van der Waals surface area (Å²) in [5, 5.41) is 19.2. The molecular weight excluding hydrogens is 260 g/mol. The van der Waals surface area contributed by atoms with Gasteiger partial charge in [-0.2, -0.15) is 12.6 Å². The summed E-state index contributed by atoms with van der Waals surface area (Å²) >= 11 is 3.85. The van der Waals surface area contributed by atoms with Crippen molar-refractivity contribution in [2.75, 3.05) is 5.75 Å². The van der Waals surface area contributed by atoms with E-state index >= 15 is 0 Å². The Balaban J connectivity index is 2.64. The third kappa shape index (κ3) is 1.96. The number of thiol groups is 1. The van der Waals surface area contributed by atoms with Crippen molar-refractivity contribution in [3.05, 3.63) is 26.7 Å². The molecule has 0 fully saturated rings. The average Bonchev–Trinajstić information content (AvgIpc) is 2.79. The molecule has 2 heterocycles. The maximum atomic E-state index is 11.5. The lowest BCUT2D eigenvalue weighted by molar-refractivity contribution is 0.0288. The topological polar surface area (TPSA) is 124 Å². The Hall–Kier alpha value is -1.58. The van der Waals surface area contributed by atoms with Crippen molar-refractivity contribution in [2.45, 2.75) is 12.2 Å². The van der Waals surface area contributed by atoms with Crippen molar-refractivity contribution in [3.8, 4) is 0 Å². The predicted octanol–water partition coefficient (Wildman–Crippen LogP) is -1.73. The van der Waals surface area contributed by atoms with Crippen molar-refractivity contribution in [1.82, 2.24) is 19.5 Å². The van der Waals surface area contributed by atoms with E-state index in [9.17, 15) is 19.8 Å². The molecule has 8 nitrogen and oxygen atoms in total. The first kappa shape index (κ1) is 12.9. The van der Waals surface area contributed by atoms with Crippen molar-refractivity contribution < 1.29 is 10.2 Å². The summed E-state index contributed by atoms with van der Waals surface area (Å²) in [5.74, 6) is 0.0475. The molecule has 0 radical (unpaired) electrons. The highest BCUT2D eigenvalue weighted by atomic mass is 32.1. The summed E-state index contributed by atoms with van der Waals surface area (Å²) in [6.07, 6.45) is -2.42. The monoisotopic (exact) mass is 272 g/mol. The Morgan fingerprint density at radius 3 is 2.67 bits per heavy atom. The minimum atomic E-state index is -1.30. The van der Waals surface area contributed by atoms with E-state index in [4.69, 9.17) is 0 Å². The Morgan fingerprint density at radius 1 is 1.39 bits per heavy atom. The van der Waals surface area contributed by atoms with Crippen LogP contribution in [0.25, 0.3) is 11.2 Å². The van der Waals surface area contributed by atoms with Crippen LogP contribution in [-0.2, 0) is 7.05 Å². The highest BCUT2D eigenvalue weighted by Crippen LogP contribution is 2.16. The number of aromatic nitrogens is 4. The minimum absolute atomic E-state index is 0.0123. The van der Waals surface area contributed by atoms with Crippen molar-refractivity contribution >= 4 is 23.8 Å². The van der Waals surface area contributed by atoms with Gasteiger partial charge in [0.1, 0.15) is 17.4 Å². The van der Waals surface area contributed by atoms with Gasteiger partial charge < -0.3 is 15.2 Å². The van der Waals surface area contributed by atoms with Gasteiger partial charge in [0.15, 0.2) is 5.65 Å². The van der Waals surface area contributed by atoms with E-state index in [0.29, 0.717) is 0 Å². The van der Waals surface area contributed by atoms with Crippen LogP contribution in [0, 0.1) is 0 Å². The number of hydrogen-bond acceptors (Lipinski definition) is 6. The van der Waals surface area contributed by atoms with Crippen LogP contribution in [0.2, 0.25) is 0 Å². The number of fused-ring (bicyclic) bond motifs is 1. The largest absolute Gasteiger partial charge is 0.389 e. The Kier molecular flexibility index (Phi) is 3.28. The van der Waals surface area contributed by atoms with Gasteiger partial charge in [0, 0.05) is 12.8 Å². The lowest BCUT2D eigenvalue weighted by Crippen LogP contribution is -2.28. The molecule has 0 spiro atoms. The second kappa shape index (κ2) is 4.59. The third-order valence-corrected chi connectivity index (χ3v) is 2.98. The molecule has 98 valence electrons. The molecule has 0 aliphatic carbocycles. The number of H-pyrrole nitrogens is 2. The first-order chi connectivity index (χ1) is 8.45. The predicted molar refractivity (Wildman–Crippen MR) is 66.8 cm³/mol. The number of aliphatic hydroxyl groups is 2. The first-order valence-corrected chi connectivity index (χ1v) is 5.75. The number of rotatable bonds is 3. The molecular formula is C9H12N4O4S. The van der Waals surface area contributed by atoms with Gasteiger partial charge in [-0.05, 0) is 0 Å². The highest BCUT2D eigenvalue weighted by Gasteiger charge is 2.22. The molecule has 0 saturated carbocycles. The number of nitrogens with zero attached hydrogens (tertiary/aromatic N) is 2. The van der Waals surface area contributed by atoms with Crippen LogP contribution in [-0.4, -0.2) is 41.6 Å². The second-order valence-electron chi connectivity index (χ2n) is 3.83. The van der Waals surface area contributed by atoms with Crippen LogP contribution in [0.15, 0.2) is 9.59 Å². The number of nitrogens with one attached hydrogen (secondary N) is 2. The van der Waals surface area contributed by atoms with Gasteiger partial charge in [-0.3, -0.25) is 14.3 Å². The lowest BCUT2D eigenvalue weighted by atomic mass is 10.2. The van der Waals surface area contributed by atoms with Gasteiger partial charge in [0.05, 0.1) is 6.10 Å². The van der Waals surface area contributed by atoms with Crippen LogP contribution in [0.3, 0.4) is 0 Å². The van der Waals surface area contributed by atoms with Gasteiger partial charge in [-0.1, -0.05) is 0 Å². The zero-order valence-corrected chi connectivity index (χ0v) is 10.3. The molecule has 2 atom stereocenters. The lowest BCUT2D eigenvalue weighted by Gasteiger charge is -2.12. The Labute approximate surface area is 106 Å². The minimum Gasteiger partial charge on any atom is -0.389 e. The van der Waals surface area contributed by atoms with E-state index in [2.05, 4.69) is 27.6 Å². The molecule has 2 aromatic rings. The summed E-state index contributed by atoms with van der Waals surface area (Å²) in [6, 6.07) is 0. The molecule has 0 bridgehead atoms. The van der Waals surface area contributed by atoms with E-state index in [1.54, 1.807) is 0 Å². The van der Waals surface area contributed by atoms with Crippen molar-refractivity contribution in [3.63, 3.8) is 0 Å². The Morgan fingerprint density at radius 2 is 2.06 bits per heavy atom. The molecule has 9 heteroatoms. The van der Waals surface area contributed by atoms with Crippen LogP contribution in [0.4, 0.5) is 0 Å². The molecule has 0 aliphatic heterocycles. The van der Waals surface area contributed by atoms with Crippen LogP contribution < -0.4 is 11.2 Å². The molecule has 2 rings (SSSR count). The van der Waals surface area contributed by atoms with E-state index in [0.717, 1.165) is 4.57 Å². The molecule has 0 aliphatic rings. The fourth-order valence-corrected chi connectivity index (χ4v) is 1.74. The number of aryl methyl sites for hydroxylation is 1. The molecule has 0 amide bonds. The van der Waals surface area contributed by atoms with Crippen LogP contribution >= 0.6 is 12.6 Å². The average molecular weight is 272 g/mol. The summed E-state index contributed by atoms with van der Waals surface area (Å²) < 4.78 is 1.14.